The summed E-state index contributed by atoms with van der Waals surface area (Å²) in [7, 11) is 0. The van der Waals surface area contributed by atoms with Crippen LogP contribution in [0.4, 0.5) is 0 Å². The number of aryl methyl sites for hydroxylation is 1. The number of carbonyl (C=O) groups is 1. The molecule has 3 rings (SSSR count). The zero-order valence-electron chi connectivity index (χ0n) is 12.3. The fourth-order valence-electron chi connectivity index (χ4n) is 3.91. The number of pyridine rings is 1. The minimum Gasteiger partial charge on any atom is -0.299 e. The van der Waals surface area contributed by atoms with Gasteiger partial charge in [0, 0.05) is 12.1 Å². The number of hydrogen-bond acceptors (Lipinski definition) is 2. The third-order valence-electron chi connectivity index (χ3n) is 5.05. The summed E-state index contributed by atoms with van der Waals surface area (Å²) >= 11 is 0. The number of aromatic nitrogens is 1. The SMILES string of the molecule is O=C(C1CCCCCCC1)C1CCCc2cccnc21. The molecule has 0 spiro atoms. The van der Waals surface area contributed by atoms with Crippen molar-refractivity contribution < 1.29 is 4.79 Å². The molecule has 2 aliphatic rings. The average Bonchev–Trinajstić information content (AvgIpc) is 2.46. The predicted octanol–water partition coefficient (Wildman–Crippen LogP) is 4.43. The fourth-order valence-corrected chi connectivity index (χ4v) is 3.91. The van der Waals surface area contributed by atoms with E-state index in [1.54, 1.807) is 0 Å². The van der Waals surface area contributed by atoms with Gasteiger partial charge in [0.1, 0.15) is 5.78 Å². The van der Waals surface area contributed by atoms with Gasteiger partial charge in [-0.25, -0.2) is 0 Å². The topological polar surface area (TPSA) is 30.0 Å². The van der Waals surface area contributed by atoms with Gasteiger partial charge in [-0.05, 0) is 43.7 Å². The Hall–Kier alpha value is -1.18. The first-order valence-corrected chi connectivity index (χ1v) is 8.34. The first-order valence-electron chi connectivity index (χ1n) is 8.34. The van der Waals surface area contributed by atoms with Crippen LogP contribution in [0.25, 0.3) is 0 Å². The highest BCUT2D eigenvalue weighted by atomic mass is 16.1. The molecule has 1 heterocycles. The Balaban J connectivity index is 1.76. The second-order valence-electron chi connectivity index (χ2n) is 6.44. The van der Waals surface area contributed by atoms with Crippen molar-refractivity contribution in [3.63, 3.8) is 0 Å². The van der Waals surface area contributed by atoms with Crippen molar-refractivity contribution in [1.29, 1.82) is 0 Å². The zero-order chi connectivity index (χ0) is 13.8. The second-order valence-corrected chi connectivity index (χ2v) is 6.44. The predicted molar refractivity (Wildman–Crippen MR) is 80.7 cm³/mol. The van der Waals surface area contributed by atoms with E-state index in [0.29, 0.717) is 11.7 Å². The van der Waals surface area contributed by atoms with E-state index in [2.05, 4.69) is 11.1 Å². The molecule has 20 heavy (non-hydrogen) atoms. The van der Waals surface area contributed by atoms with Crippen molar-refractivity contribution in [2.75, 3.05) is 0 Å². The molecule has 0 aliphatic heterocycles. The van der Waals surface area contributed by atoms with E-state index >= 15 is 0 Å². The quantitative estimate of drug-likeness (QED) is 0.796. The summed E-state index contributed by atoms with van der Waals surface area (Å²) in [6.45, 7) is 0. The van der Waals surface area contributed by atoms with Gasteiger partial charge in [-0.2, -0.15) is 0 Å². The molecule has 1 atom stereocenters. The van der Waals surface area contributed by atoms with E-state index in [9.17, 15) is 4.79 Å². The summed E-state index contributed by atoms with van der Waals surface area (Å²) in [6, 6.07) is 4.15. The molecule has 0 aromatic carbocycles. The van der Waals surface area contributed by atoms with E-state index in [1.165, 1.54) is 37.7 Å². The molecule has 1 unspecified atom stereocenters. The Morgan fingerprint density at radius 1 is 1.00 bits per heavy atom. The van der Waals surface area contributed by atoms with Crippen LogP contribution in [-0.2, 0) is 11.2 Å². The minimum absolute atomic E-state index is 0.0874. The second kappa shape index (κ2) is 6.51. The van der Waals surface area contributed by atoms with Gasteiger partial charge in [0.05, 0.1) is 11.6 Å². The smallest absolute Gasteiger partial charge is 0.144 e. The number of carbonyl (C=O) groups excluding carboxylic acids is 1. The van der Waals surface area contributed by atoms with E-state index in [0.717, 1.165) is 37.8 Å². The van der Waals surface area contributed by atoms with Gasteiger partial charge in [0.25, 0.3) is 0 Å². The van der Waals surface area contributed by atoms with Crippen LogP contribution in [0.5, 0.6) is 0 Å². The lowest BCUT2D eigenvalue weighted by Gasteiger charge is -2.27. The average molecular weight is 271 g/mol. The molecule has 2 heteroatoms. The van der Waals surface area contributed by atoms with Crippen molar-refractivity contribution >= 4 is 5.78 Å². The first-order chi connectivity index (χ1) is 9.86. The molecule has 1 fully saturated rings. The van der Waals surface area contributed by atoms with E-state index in [4.69, 9.17) is 0 Å². The van der Waals surface area contributed by atoms with Gasteiger partial charge in [0.2, 0.25) is 0 Å². The third-order valence-corrected chi connectivity index (χ3v) is 5.05. The Morgan fingerprint density at radius 2 is 1.75 bits per heavy atom. The maximum atomic E-state index is 12.9. The van der Waals surface area contributed by atoms with Crippen LogP contribution in [0.15, 0.2) is 18.3 Å². The Bertz CT molecular complexity index is 460. The summed E-state index contributed by atoms with van der Waals surface area (Å²) < 4.78 is 0. The monoisotopic (exact) mass is 271 g/mol. The number of nitrogens with zero attached hydrogens (tertiary/aromatic N) is 1. The molecule has 2 nitrogen and oxygen atoms in total. The van der Waals surface area contributed by atoms with Crippen molar-refractivity contribution in [3.05, 3.63) is 29.6 Å². The molecule has 0 bridgehead atoms. The van der Waals surface area contributed by atoms with E-state index in [1.807, 2.05) is 12.3 Å². The van der Waals surface area contributed by atoms with Gasteiger partial charge in [-0.1, -0.05) is 38.2 Å². The van der Waals surface area contributed by atoms with Gasteiger partial charge >= 0.3 is 0 Å². The summed E-state index contributed by atoms with van der Waals surface area (Å²) in [5.74, 6) is 0.879. The lowest BCUT2D eigenvalue weighted by atomic mass is 9.77. The maximum Gasteiger partial charge on any atom is 0.144 e. The van der Waals surface area contributed by atoms with Gasteiger partial charge in [-0.3, -0.25) is 9.78 Å². The largest absolute Gasteiger partial charge is 0.299 e. The number of Topliss-reactive ketones (excluding diaryl/α,β-unsaturated/α-hetero) is 1. The standard InChI is InChI=1S/C18H25NO/c20-18(15-8-4-2-1-3-5-9-15)16-12-6-10-14-11-7-13-19-17(14)16/h7,11,13,15-16H,1-6,8-10,12H2. The van der Waals surface area contributed by atoms with E-state index < -0.39 is 0 Å². The highest BCUT2D eigenvalue weighted by molar-refractivity contribution is 5.88. The van der Waals surface area contributed by atoms with Crippen molar-refractivity contribution in [3.8, 4) is 0 Å². The molecule has 108 valence electrons. The molecule has 0 radical (unpaired) electrons. The molecule has 0 saturated heterocycles. The molecule has 1 aromatic heterocycles. The van der Waals surface area contributed by atoms with Crippen LogP contribution >= 0.6 is 0 Å². The highest BCUT2D eigenvalue weighted by Gasteiger charge is 2.32. The van der Waals surface area contributed by atoms with Gasteiger partial charge < -0.3 is 0 Å². The van der Waals surface area contributed by atoms with Crippen molar-refractivity contribution in [1.82, 2.24) is 4.98 Å². The van der Waals surface area contributed by atoms with E-state index in [-0.39, 0.29) is 5.92 Å². The summed E-state index contributed by atoms with van der Waals surface area (Å²) in [6.07, 6.45) is 13.8. The lowest BCUT2D eigenvalue weighted by molar-refractivity contribution is -0.125. The number of rotatable bonds is 2. The molecule has 0 amide bonds. The lowest BCUT2D eigenvalue weighted by Crippen LogP contribution is -2.26. The molecular formula is C18H25NO. The molecule has 2 aliphatic carbocycles. The third kappa shape index (κ3) is 2.94. The van der Waals surface area contributed by atoms with Gasteiger partial charge in [0.15, 0.2) is 0 Å². The van der Waals surface area contributed by atoms with Crippen LogP contribution in [0.3, 0.4) is 0 Å². The van der Waals surface area contributed by atoms with Crippen LogP contribution in [-0.4, -0.2) is 10.8 Å². The fraction of sp³-hybridized carbons (Fsp3) is 0.667. The van der Waals surface area contributed by atoms with Crippen molar-refractivity contribution in [2.45, 2.75) is 70.1 Å². The summed E-state index contributed by atoms with van der Waals surface area (Å²) in [5, 5.41) is 0. The molecular weight excluding hydrogens is 246 g/mol. The number of hydrogen-bond donors (Lipinski definition) is 0. The number of fused-ring (bicyclic) bond motifs is 1. The summed E-state index contributed by atoms with van der Waals surface area (Å²) in [4.78, 5) is 17.5. The highest BCUT2D eigenvalue weighted by Crippen LogP contribution is 2.35. The van der Waals surface area contributed by atoms with Crippen molar-refractivity contribution in [2.24, 2.45) is 5.92 Å². The Morgan fingerprint density at radius 3 is 2.55 bits per heavy atom. The number of ketones is 1. The zero-order valence-corrected chi connectivity index (χ0v) is 12.3. The normalized spacial score (nSPS) is 24.5. The molecule has 1 saturated carbocycles. The summed E-state index contributed by atoms with van der Waals surface area (Å²) in [5.41, 5.74) is 2.40. The van der Waals surface area contributed by atoms with Crippen LogP contribution in [0.2, 0.25) is 0 Å². The first kappa shape index (κ1) is 13.8. The van der Waals surface area contributed by atoms with Crippen LogP contribution in [0, 0.1) is 5.92 Å². The van der Waals surface area contributed by atoms with Gasteiger partial charge in [-0.15, -0.1) is 0 Å². The minimum atomic E-state index is 0.0874. The Labute approximate surface area is 122 Å². The maximum absolute atomic E-state index is 12.9. The van der Waals surface area contributed by atoms with Crippen LogP contribution in [0.1, 0.15) is 75.0 Å². The Kier molecular flexibility index (Phi) is 4.49. The molecule has 0 N–H and O–H groups in total. The van der Waals surface area contributed by atoms with Crippen LogP contribution < -0.4 is 0 Å². The molecule has 1 aromatic rings.